The molecule has 0 saturated carbocycles. The fourth-order valence-electron chi connectivity index (χ4n) is 1.82. The molecular weight excluding hydrogens is 198 g/mol. The van der Waals surface area contributed by atoms with Crippen LogP contribution in [0.3, 0.4) is 0 Å². The number of aryl methyl sites for hydroxylation is 3. The molecule has 0 spiro atoms. The van der Waals surface area contributed by atoms with Crippen LogP contribution in [0.2, 0.25) is 0 Å². The van der Waals surface area contributed by atoms with Crippen molar-refractivity contribution in [3.05, 3.63) is 22.8 Å². The Morgan fingerprint density at radius 3 is 2.12 bits per heavy atom. The van der Waals surface area contributed by atoms with Crippen LogP contribution in [-0.2, 0) is 5.41 Å². The molecule has 0 fully saturated rings. The van der Waals surface area contributed by atoms with E-state index in [-0.39, 0.29) is 5.41 Å². The first-order valence-corrected chi connectivity index (χ1v) is 5.64. The Labute approximate surface area is 96.3 Å². The van der Waals surface area contributed by atoms with E-state index in [1.54, 1.807) is 0 Å². The lowest BCUT2D eigenvalue weighted by molar-refractivity contribution is 0.554. The maximum atomic E-state index is 4.71. The molecule has 16 heavy (non-hydrogen) atoms. The quantitative estimate of drug-likeness (QED) is 0.736. The van der Waals surface area contributed by atoms with Gasteiger partial charge in [0, 0.05) is 11.1 Å². The van der Waals surface area contributed by atoms with Crippen LogP contribution < -0.4 is 0 Å². The molecule has 0 amide bonds. The van der Waals surface area contributed by atoms with Gasteiger partial charge < -0.3 is 4.98 Å². The second-order valence-electron chi connectivity index (χ2n) is 5.47. The fraction of sp³-hybridized carbons (Fsp3) is 0.538. The van der Waals surface area contributed by atoms with Gasteiger partial charge in [0.25, 0.3) is 0 Å². The summed E-state index contributed by atoms with van der Waals surface area (Å²) < 4.78 is 0. The molecule has 86 valence electrons. The molecule has 2 rings (SSSR count). The van der Waals surface area contributed by atoms with Gasteiger partial charge in [-0.1, -0.05) is 20.8 Å². The van der Waals surface area contributed by atoms with E-state index in [1.807, 2.05) is 13.8 Å². The first kappa shape index (κ1) is 11.1. The highest BCUT2D eigenvalue weighted by Crippen LogP contribution is 2.26. The van der Waals surface area contributed by atoms with Gasteiger partial charge in [0.15, 0.2) is 0 Å². The van der Waals surface area contributed by atoms with Crippen LogP contribution in [0.1, 0.15) is 43.5 Å². The van der Waals surface area contributed by atoms with Crippen LogP contribution in [0.25, 0.3) is 11.0 Å². The number of rotatable bonds is 0. The minimum atomic E-state index is 0.0474. The average Bonchev–Trinajstić information content (AvgIpc) is 2.58. The van der Waals surface area contributed by atoms with E-state index in [1.165, 1.54) is 5.56 Å². The number of fused-ring (bicyclic) bond motifs is 1. The van der Waals surface area contributed by atoms with Gasteiger partial charge in [-0.3, -0.25) is 4.98 Å². The molecular formula is C13H19N3. The summed E-state index contributed by atoms with van der Waals surface area (Å²) in [5, 5.41) is 0. The molecule has 2 aromatic heterocycles. The molecule has 0 radical (unpaired) electrons. The molecule has 0 atom stereocenters. The van der Waals surface area contributed by atoms with Gasteiger partial charge >= 0.3 is 0 Å². The highest BCUT2D eigenvalue weighted by molar-refractivity contribution is 5.81. The van der Waals surface area contributed by atoms with Crippen molar-refractivity contribution in [1.82, 2.24) is 15.0 Å². The third-order valence-corrected chi connectivity index (χ3v) is 3.01. The van der Waals surface area contributed by atoms with Crippen LogP contribution in [-0.4, -0.2) is 15.0 Å². The van der Waals surface area contributed by atoms with Crippen LogP contribution in [0, 0.1) is 20.8 Å². The smallest absolute Gasteiger partial charge is 0.112 e. The Bertz CT molecular complexity index is 544. The Morgan fingerprint density at radius 1 is 0.938 bits per heavy atom. The molecule has 0 bridgehead atoms. The minimum absolute atomic E-state index is 0.0474. The Hall–Kier alpha value is -1.38. The van der Waals surface area contributed by atoms with E-state index in [0.717, 1.165) is 28.2 Å². The van der Waals surface area contributed by atoms with E-state index in [0.29, 0.717) is 0 Å². The lowest BCUT2D eigenvalue weighted by Gasteiger charge is -2.13. The van der Waals surface area contributed by atoms with Gasteiger partial charge in [0.05, 0.1) is 16.7 Å². The number of imidazole rings is 1. The van der Waals surface area contributed by atoms with Gasteiger partial charge in [0.2, 0.25) is 0 Å². The van der Waals surface area contributed by atoms with E-state index in [4.69, 9.17) is 4.98 Å². The molecule has 0 aliphatic heterocycles. The molecule has 0 aliphatic carbocycles. The number of aromatic amines is 1. The minimum Gasteiger partial charge on any atom is -0.340 e. The highest BCUT2D eigenvalue weighted by Gasteiger charge is 2.20. The Balaban J connectivity index is 2.80. The summed E-state index contributed by atoms with van der Waals surface area (Å²) in [4.78, 5) is 12.6. The largest absolute Gasteiger partial charge is 0.340 e. The molecule has 3 heteroatoms. The number of hydrogen-bond donors (Lipinski definition) is 1. The van der Waals surface area contributed by atoms with Crippen molar-refractivity contribution in [2.45, 2.75) is 47.0 Å². The normalized spacial score (nSPS) is 12.4. The first-order valence-electron chi connectivity index (χ1n) is 5.64. The zero-order valence-corrected chi connectivity index (χ0v) is 10.9. The van der Waals surface area contributed by atoms with Crippen LogP contribution in [0.4, 0.5) is 0 Å². The summed E-state index contributed by atoms with van der Waals surface area (Å²) in [6.45, 7) is 12.6. The van der Waals surface area contributed by atoms with E-state index in [2.05, 4.69) is 37.7 Å². The number of nitrogens with zero attached hydrogens (tertiary/aromatic N) is 2. The van der Waals surface area contributed by atoms with Crippen LogP contribution in [0.5, 0.6) is 0 Å². The molecule has 2 heterocycles. The van der Waals surface area contributed by atoms with Crippen molar-refractivity contribution < 1.29 is 0 Å². The maximum absolute atomic E-state index is 4.71. The Morgan fingerprint density at radius 2 is 1.56 bits per heavy atom. The lowest BCUT2D eigenvalue weighted by atomic mass is 9.96. The van der Waals surface area contributed by atoms with Gasteiger partial charge in [-0.05, 0) is 26.3 Å². The summed E-state index contributed by atoms with van der Waals surface area (Å²) in [7, 11) is 0. The number of hydrogen-bond acceptors (Lipinski definition) is 2. The van der Waals surface area contributed by atoms with Crippen LogP contribution in [0.15, 0.2) is 0 Å². The standard InChI is InChI=1S/C13H19N3/c1-7-8(2)14-9(3)11-10(7)15-12(16-11)13(4,5)6/h1-6H3,(H,15,16). The van der Waals surface area contributed by atoms with Crippen LogP contribution >= 0.6 is 0 Å². The number of pyridine rings is 1. The third kappa shape index (κ3) is 1.60. The second kappa shape index (κ2) is 3.30. The van der Waals surface area contributed by atoms with Gasteiger partial charge in [-0.2, -0.15) is 0 Å². The molecule has 0 aliphatic rings. The van der Waals surface area contributed by atoms with Crippen molar-refractivity contribution >= 4 is 11.0 Å². The summed E-state index contributed by atoms with van der Waals surface area (Å²) in [5.74, 6) is 1.03. The number of aromatic nitrogens is 3. The second-order valence-corrected chi connectivity index (χ2v) is 5.47. The summed E-state index contributed by atoms with van der Waals surface area (Å²) >= 11 is 0. The van der Waals surface area contributed by atoms with Gasteiger partial charge in [0.1, 0.15) is 5.82 Å². The lowest BCUT2D eigenvalue weighted by Crippen LogP contribution is -2.13. The monoisotopic (exact) mass is 217 g/mol. The SMILES string of the molecule is Cc1nc(C)c2[nH]c(C(C)(C)C)nc2c1C. The number of H-pyrrole nitrogens is 1. The van der Waals surface area contributed by atoms with Crippen molar-refractivity contribution in [1.29, 1.82) is 0 Å². The topological polar surface area (TPSA) is 41.6 Å². The summed E-state index contributed by atoms with van der Waals surface area (Å²) in [5.41, 5.74) is 5.46. The molecule has 0 aromatic carbocycles. The zero-order chi connectivity index (χ0) is 12.1. The van der Waals surface area contributed by atoms with E-state index in [9.17, 15) is 0 Å². The molecule has 3 nitrogen and oxygen atoms in total. The summed E-state index contributed by atoms with van der Waals surface area (Å²) in [6, 6.07) is 0. The predicted molar refractivity (Wildman–Crippen MR) is 66.8 cm³/mol. The van der Waals surface area contributed by atoms with Gasteiger partial charge in [-0.25, -0.2) is 4.98 Å². The maximum Gasteiger partial charge on any atom is 0.112 e. The van der Waals surface area contributed by atoms with E-state index < -0.39 is 0 Å². The summed E-state index contributed by atoms with van der Waals surface area (Å²) in [6.07, 6.45) is 0. The van der Waals surface area contributed by atoms with E-state index >= 15 is 0 Å². The van der Waals surface area contributed by atoms with Crippen molar-refractivity contribution in [3.63, 3.8) is 0 Å². The molecule has 0 unspecified atom stereocenters. The fourth-order valence-corrected chi connectivity index (χ4v) is 1.82. The predicted octanol–water partition coefficient (Wildman–Crippen LogP) is 3.18. The Kier molecular flexibility index (Phi) is 2.30. The third-order valence-electron chi connectivity index (χ3n) is 3.01. The van der Waals surface area contributed by atoms with Gasteiger partial charge in [-0.15, -0.1) is 0 Å². The van der Waals surface area contributed by atoms with Crippen molar-refractivity contribution in [2.24, 2.45) is 0 Å². The number of nitrogens with one attached hydrogen (secondary N) is 1. The zero-order valence-electron chi connectivity index (χ0n) is 10.9. The molecule has 0 saturated heterocycles. The first-order chi connectivity index (χ1) is 7.30. The van der Waals surface area contributed by atoms with Crippen molar-refractivity contribution in [3.8, 4) is 0 Å². The molecule has 1 N–H and O–H groups in total. The molecule has 2 aromatic rings. The average molecular weight is 217 g/mol. The van der Waals surface area contributed by atoms with Crippen molar-refractivity contribution in [2.75, 3.05) is 0 Å². The highest BCUT2D eigenvalue weighted by atomic mass is 15.0.